The van der Waals surface area contributed by atoms with E-state index >= 15 is 0 Å². The van der Waals surface area contributed by atoms with Crippen molar-refractivity contribution in [3.8, 4) is 0 Å². The van der Waals surface area contributed by atoms with Crippen LogP contribution in [-0.4, -0.2) is 285 Å². The lowest BCUT2D eigenvalue weighted by Gasteiger charge is -2.33. The van der Waals surface area contributed by atoms with Crippen molar-refractivity contribution in [2.24, 2.45) is 11.8 Å². The normalized spacial score (nSPS) is 17.5. The Labute approximate surface area is 596 Å². The number of nitrogens with zero attached hydrogens (tertiary/aromatic N) is 7. The lowest BCUT2D eigenvalue weighted by atomic mass is 9.81. The quantitative estimate of drug-likeness (QED) is 0.0189. The van der Waals surface area contributed by atoms with Gasteiger partial charge in [-0.1, -0.05) is 42.5 Å². The highest BCUT2D eigenvalue weighted by Crippen LogP contribution is 2.29. The molecule has 2 aliphatic rings. The number of carboxylic acid groups (broad SMARTS) is 6. The van der Waals surface area contributed by atoms with Crippen LogP contribution in [0.1, 0.15) is 80.4 Å². The Morgan fingerprint density at radius 2 is 0.981 bits per heavy atom. The minimum Gasteiger partial charge on any atom is -0.481 e. The van der Waals surface area contributed by atoms with Crippen LogP contribution >= 0.6 is 0 Å². The molecule has 4 heterocycles. The number of aliphatic carboxylic acids is 6. The van der Waals surface area contributed by atoms with Gasteiger partial charge in [0.15, 0.2) is 0 Å². The van der Waals surface area contributed by atoms with Crippen molar-refractivity contribution in [1.82, 2.24) is 92.0 Å². The highest BCUT2D eigenvalue weighted by molar-refractivity contribution is 5.95. The van der Waals surface area contributed by atoms with Crippen molar-refractivity contribution in [3.05, 3.63) is 103 Å². The van der Waals surface area contributed by atoms with E-state index in [9.17, 15) is 87.9 Å². The second kappa shape index (κ2) is 41.2. The summed E-state index contributed by atoms with van der Waals surface area (Å²) < 4.78 is 0. The SMILES string of the molecule is O=C(O)CC[C@H](NC(=O)N[C@@H](CCCCNC(=O)[C@H](Cc1ccc2ccccc2c1)NC(=O)[C@H]1CC[C@H](CNC(=O)[C@H](Cc2c[nH]cn2)NC(=O)[C@H](Cc2cnc[nH]2)NC(=O)[C@H](Cc2c[nH]cn2)NC(=O)CN2CCN(CC(=O)O)CCN(CC(=O)O)CCN(CC(=O)O)CC2)CC1)C(=O)O)C(=O)O. The Kier molecular flexibility index (Phi) is 31.9. The number of aromatic amines is 3. The number of hydrogen-bond acceptors (Lipinski definition) is 20. The Morgan fingerprint density at radius 3 is 1.48 bits per heavy atom. The first kappa shape index (κ1) is 80.4. The highest BCUT2D eigenvalue weighted by Gasteiger charge is 2.35. The summed E-state index contributed by atoms with van der Waals surface area (Å²) in [6.45, 7) is -0.166. The summed E-state index contributed by atoms with van der Waals surface area (Å²) in [6, 6.07) is 4.15. The second-order valence-electron chi connectivity index (χ2n) is 25.9. The predicted molar refractivity (Wildman–Crippen MR) is 368 cm³/mol. The van der Waals surface area contributed by atoms with Crippen LogP contribution < -0.4 is 42.5 Å². The van der Waals surface area contributed by atoms with Gasteiger partial charge in [0.1, 0.15) is 36.3 Å². The number of imidazole rings is 3. The monoisotopic (exact) mass is 1450 g/mol. The summed E-state index contributed by atoms with van der Waals surface area (Å²) in [6.07, 6.45) is 9.51. The lowest BCUT2D eigenvalue weighted by molar-refractivity contribution is -0.141. The van der Waals surface area contributed by atoms with Gasteiger partial charge in [-0.3, -0.25) is 67.5 Å². The average Bonchev–Trinajstić information content (AvgIpc) is 1.02. The molecule has 1 saturated heterocycles. The third-order valence-electron chi connectivity index (χ3n) is 17.9. The van der Waals surface area contributed by atoms with Crippen molar-refractivity contribution in [2.45, 2.75) is 120 Å². The van der Waals surface area contributed by atoms with Gasteiger partial charge in [-0.25, -0.2) is 29.3 Å². The fourth-order valence-electron chi connectivity index (χ4n) is 12.3. The number of fused-ring (bicyclic) bond motifs is 1. The molecule has 2 fully saturated rings. The average molecular weight is 1450 g/mol. The van der Waals surface area contributed by atoms with Crippen LogP contribution in [0.3, 0.4) is 0 Å². The largest absolute Gasteiger partial charge is 0.481 e. The second-order valence-corrected chi connectivity index (χ2v) is 25.9. The third kappa shape index (κ3) is 28.1. The molecule has 1 aliphatic heterocycles. The molecule has 17 N–H and O–H groups in total. The lowest BCUT2D eigenvalue weighted by Crippen LogP contribution is -2.59. The summed E-state index contributed by atoms with van der Waals surface area (Å²) in [4.78, 5) is 196. The zero-order valence-corrected chi connectivity index (χ0v) is 57.3. The van der Waals surface area contributed by atoms with Gasteiger partial charge in [0, 0.05) is 128 Å². The van der Waals surface area contributed by atoms with Crippen LogP contribution in [0.5, 0.6) is 0 Å². The molecule has 0 spiro atoms. The summed E-state index contributed by atoms with van der Waals surface area (Å²) in [5.41, 5.74) is 1.97. The highest BCUT2D eigenvalue weighted by atomic mass is 16.4. The number of rotatable bonds is 39. The summed E-state index contributed by atoms with van der Waals surface area (Å²) in [7, 11) is 0. The number of carboxylic acids is 6. The molecule has 3 aromatic heterocycles. The van der Waals surface area contributed by atoms with E-state index in [0.29, 0.717) is 42.8 Å². The van der Waals surface area contributed by atoms with E-state index in [1.54, 1.807) is 25.8 Å². The van der Waals surface area contributed by atoms with Crippen LogP contribution in [0.4, 0.5) is 4.79 Å². The molecule has 8 amide bonds. The van der Waals surface area contributed by atoms with E-state index in [0.717, 1.165) is 16.3 Å². The number of carbonyl (C=O) groups is 13. The molecular formula is C67H92N18O19. The number of H-pyrrole nitrogens is 3. The van der Waals surface area contributed by atoms with Gasteiger partial charge in [0.05, 0.1) is 56.5 Å². The van der Waals surface area contributed by atoms with Crippen LogP contribution in [-0.2, 0) is 83.2 Å². The molecule has 1 aliphatic carbocycles. The first-order valence-electron chi connectivity index (χ1n) is 34.3. The fraction of sp³-hybridized carbons (Fsp3) is 0.522. The molecule has 564 valence electrons. The molecule has 1 saturated carbocycles. The van der Waals surface area contributed by atoms with Gasteiger partial charge in [-0.05, 0) is 73.6 Å². The fourth-order valence-corrected chi connectivity index (χ4v) is 12.3. The van der Waals surface area contributed by atoms with Crippen molar-refractivity contribution >= 4 is 88.1 Å². The van der Waals surface area contributed by atoms with Crippen molar-refractivity contribution in [2.75, 3.05) is 91.6 Å². The van der Waals surface area contributed by atoms with E-state index in [-0.39, 0.29) is 148 Å². The molecule has 7 rings (SSSR count). The summed E-state index contributed by atoms with van der Waals surface area (Å²) in [5, 5.41) is 80.4. The maximum atomic E-state index is 14.7. The van der Waals surface area contributed by atoms with Gasteiger partial charge < -0.3 is 88.1 Å². The molecule has 2 aromatic carbocycles. The standard InChI is InChI=1S/C67H92N18O19/c86-55(34-82-17-19-83(35-57(89)90)21-23-85(37-59(93)94)24-22-84(20-18-82)36-58(91)92)76-53(28-47-32-69-39-74-47)63(98)79-54(29-48-33-70-40-75-48)64(99)78-52(27-46-31-68-38-73-46)62(97)72-30-41-8-12-44(13-9-41)60(95)77-51(26-42-10-11-43-5-1-2-6-45(43)25-42)61(96)71-16-4-3-7-49(65(100)101)80-67(104)81-50(66(102)103)14-15-56(87)88/h1-2,5-6,10-11,25,31-33,38-41,44,49-54H,3-4,7-9,12-24,26-30,34-37H2,(H,68,73)(H,69,74)(H,70,75)(H,71,96)(H,72,97)(H,76,86)(H,77,95)(H,78,99)(H,79,98)(H,87,88)(H,89,90)(H,91,92)(H,93,94)(H,100,101)(H,102,103)(H2,80,81,104)/t41-,44-,49-,50-,51-,52-,53-,54-/m0/s1. The van der Waals surface area contributed by atoms with Gasteiger partial charge in [0.2, 0.25) is 35.4 Å². The summed E-state index contributed by atoms with van der Waals surface area (Å²) >= 11 is 0. The number of aromatic nitrogens is 6. The van der Waals surface area contributed by atoms with Crippen LogP contribution in [0, 0.1) is 11.8 Å². The number of unbranched alkanes of at least 4 members (excludes halogenated alkanes) is 1. The number of amides is 8. The van der Waals surface area contributed by atoms with Crippen molar-refractivity contribution < 1.29 is 93.0 Å². The number of urea groups is 1. The van der Waals surface area contributed by atoms with E-state index < -0.39 is 126 Å². The van der Waals surface area contributed by atoms with E-state index in [4.69, 9.17) is 5.11 Å². The Hall–Kier alpha value is -10.9. The van der Waals surface area contributed by atoms with Crippen molar-refractivity contribution in [3.63, 3.8) is 0 Å². The number of nitrogens with one attached hydrogen (secondary N) is 11. The topological polar surface area (TPSA) is 539 Å². The minimum atomic E-state index is -1.58. The first-order valence-corrected chi connectivity index (χ1v) is 34.3. The van der Waals surface area contributed by atoms with Crippen LogP contribution in [0.15, 0.2) is 80.0 Å². The van der Waals surface area contributed by atoms with Gasteiger partial charge in [-0.2, -0.15) is 0 Å². The van der Waals surface area contributed by atoms with Gasteiger partial charge in [0.25, 0.3) is 0 Å². The van der Waals surface area contributed by atoms with E-state index in [1.165, 1.54) is 31.4 Å². The Balaban J connectivity index is 0.964. The van der Waals surface area contributed by atoms with Crippen LogP contribution in [0.25, 0.3) is 10.8 Å². The molecule has 6 atom stereocenters. The molecule has 0 unspecified atom stereocenters. The third-order valence-corrected chi connectivity index (χ3v) is 17.9. The number of benzene rings is 2. The molecule has 37 heteroatoms. The number of carbonyl (C=O) groups excluding carboxylic acids is 7. The molecular weight excluding hydrogens is 1360 g/mol. The zero-order chi connectivity index (χ0) is 75.1. The molecule has 5 aromatic rings. The Morgan fingerprint density at radius 1 is 0.481 bits per heavy atom. The maximum absolute atomic E-state index is 14.7. The zero-order valence-electron chi connectivity index (χ0n) is 57.3. The maximum Gasteiger partial charge on any atom is 0.326 e. The smallest absolute Gasteiger partial charge is 0.326 e. The predicted octanol–water partition coefficient (Wildman–Crippen LogP) is -2.03. The first-order chi connectivity index (χ1) is 49.8. The summed E-state index contributed by atoms with van der Waals surface area (Å²) in [5.74, 6) is -11.9. The van der Waals surface area contributed by atoms with Gasteiger partial charge >= 0.3 is 41.8 Å². The molecule has 104 heavy (non-hydrogen) atoms. The van der Waals surface area contributed by atoms with E-state index in [2.05, 4.69) is 72.4 Å². The van der Waals surface area contributed by atoms with Crippen molar-refractivity contribution in [1.29, 1.82) is 0 Å². The van der Waals surface area contributed by atoms with Gasteiger partial charge in [-0.15, -0.1) is 0 Å². The number of hydrogen-bond donors (Lipinski definition) is 17. The minimum absolute atomic E-state index is 0.0601. The van der Waals surface area contributed by atoms with Crippen LogP contribution in [0.2, 0.25) is 0 Å². The molecule has 0 radical (unpaired) electrons. The Bertz CT molecular complexity index is 3650. The van der Waals surface area contributed by atoms with E-state index in [1.807, 2.05) is 42.5 Å². The molecule has 0 bridgehead atoms. The molecule has 37 nitrogen and oxygen atoms in total.